The van der Waals surface area contributed by atoms with Gasteiger partial charge in [0.2, 0.25) is 0 Å². The fraction of sp³-hybridized carbons (Fsp3) is 0.180. The Bertz CT molecular complexity index is 3660. The lowest BCUT2D eigenvalue weighted by Crippen LogP contribution is -2.61. The Hall–Kier alpha value is -6.82. The Morgan fingerprint density at radius 1 is 0.545 bits per heavy atom. The van der Waals surface area contributed by atoms with E-state index in [4.69, 9.17) is 4.42 Å². The van der Waals surface area contributed by atoms with Crippen LogP contribution in [0.25, 0.3) is 64.5 Å². The molecule has 2 aliphatic heterocycles. The highest BCUT2D eigenvalue weighted by atomic mass is 32.1. The predicted octanol–water partition coefficient (Wildman–Crippen LogP) is 16.1. The first kappa shape index (κ1) is 39.5. The fourth-order valence-corrected chi connectivity index (χ4v) is 12.8. The third-order valence-corrected chi connectivity index (χ3v) is 16.1. The Labute approximate surface area is 392 Å². The smallest absolute Gasteiger partial charge is 0.375 e. The molecule has 0 saturated heterocycles. The first-order chi connectivity index (χ1) is 31.8. The van der Waals surface area contributed by atoms with Crippen molar-refractivity contribution in [2.75, 3.05) is 9.71 Å². The molecule has 0 bridgehead atoms. The zero-order valence-electron chi connectivity index (χ0n) is 38.9. The normalized spacial score (nSPS) is 14.7. The van der Waals surface area contributed by atoms with Crippen LogP contribution in [0.1, 0.15) is 77.6 Å². The van der Waals surface area contributed by atoms with E-state index in [1.54, 1.807) is 0 Å². The molecule has 0 radical (unpaired) electrons. The molecule has 0 saturated carbocycles. The van der Waals surface area contributed by atoms with Crippen molar-refractivity contribution in [1.29, 1.82) is 0 Å². The second-order valence-electron chi connectivity index (χ2n) is 21.3. The average molecular weight is 871 g/mol. The lowest BCUT2D eigenvalue weighted by Gasteiger charge is -2.46. The van der Waals surface area contributed by atoms with Crippen molar-refractivity contribution >= 4 is 88.9 Å². The van der Waals surface area contributed by atoms with Crippen molar-refractivity contribution in [2.24, 2.45) is 0 Å². The van der Waals surface area contributed by atoms with Crippen LogP contribution in [0.15, 0.2) is 168 Å². The number of benzene rings is 8. The van der Waals surface area contributed by atoms with Gasteiger partial charge in [-0.05, 0) is 115 Å². The molecule has 0 amide bonds. The summed E-state index contributed by atoms with van der Waals surface area (Å²) in [7, 11) is 0. The summed E-state index contributed by atoms with van der Waals surface area (Å²) in [4.78, 5) is 5.25. The van der Waals surface area contributed by atoms with Gasteiger partial charge in [0.15, 0.2) is 0 Å². The molecule has 0 spiro atoms. The first-order valence-electron chi connectivity index (χ1n) is 23.5. The van der Waals surface area contributed by atoms with Crippen molar-refractivity contribution in [2.45, 2.75) is 71.6 Å². The van der Waals surface area contributed by atoms with E-state index in [9.17, 15) is 0 Å². The molecule has 4 heterocycles. The molecule has 320 valence electrons. The first-order valence-corrected chi connectivity index (χ1v) is 24.3. The van der Waals surface area contributed by atoms with Crippen molar-refractivity contribution in [1.82, 2.24) is 0 Å². The van der Waals surface area contributed by atoms with Gasteiger partial charge >= 0.3 is 6.85 Å². The van der Waals surface area contributed by atoms with Crippen LogP contribution in [0.3, 0.4) is 0 Å². The second kappa shape index (κ2) is 13.6. The monoisotopic (exact) mass is 870 g/mol. The van der Waals surface area contributed by atoms with Crippen molar-refractivity contribution in [3.63, 3.8) is 0 Å². The number of fused-ring (bicyclic) bond motifs is 14. The van der Waals surface area contributed by atoms with Crippen LogP contribution in [-0.4, -0.2) is 6.85 Å². The van der Waals surface area contributed by atoms with Gasteiger partial charge in [-0.25, -0.2) is 0 Å². The number of hydrogen-bond donors (Lipinski definition) is 0. The topological polar surface area (TPSA) is 19.6 Å². The maximum atomic E-state index is 7.49. The Kier molecular flexibility index (Phi) is 8.16. The van der Waals surface area contributed by atoms with Crippen LogP contribution in [0.4, 0.5) is 28.4 Å². The number of nitrogens with zero attached hydrogens (tertiary/aromatic N) is 2. The maximum absolute atomic E-state index is 7.49. The molecule has 0 atom stereocenters. The van der Waals surface area contributed by atoms with Gasteiger partial charge in [0.05, 0.1) is 11.4 Å². The Balaban J connectivity index is 1.24. The summed E-state index contributed by atoms with van der Waals surface area (Å²) < 4.78 is 10.1. The lowest BCUT2D eigenvalue weighted by molar-refractivity contribution is 0.590. The molecule has 2 aromatic heterocycles. The zero-order chi connectivity index (χ0) is 45.0. The maximum Gasteiger partial charge on any atom is 0.375 e. The van der Waals surface area contributed by atoms with Crippen LogP contribution in [0.2, 0.25) is 0 Å². The molecular formula is C61H51BN2OS. The number of furan rings is 1. The second-order valence-corrected chi connectivity index (χ2v) is 22.4. The SMILES string of the molecule is CC(C)(C)c1ccc(N2B3c4oc5ccccc5c4N(c4ccc(C(C)(C)C)cc4-c4ccccc4)c4cc5c(c(c43)-c3ccc4sc6ccccc6c4c32)C(C)(C)c2ccccc2-5)cc1. The standard InChI is InChI=1S/C61H51BN2OS/c1-59(2,3)37-26-29-39(30-27-37)64-56-43(31-33-51-52(56)42-22-14-17-25-50(42)66-51)53-54-45(40-20-12-15-23-46(40)61(54,7)8)35-48-55(53)62(64)58-57(41-21-13-16-24-49(41)65-58)63(48)47-32-28-38(60(4,5)6)34-44(47)36-18-10-9-11-19-36/h9-35H,1-8H3. The molecule has 8 aromatic carbocycles. The number of hydrogen-bond acceptors (Lipinski definition) is 4. The van der Waals surface area contributed by atoms with Crippen LogP contribution in [0, 0.1) is 0 Å². The molecule has 0 unspecified atom stereocenters. The summed E-state index contributed by atoms with van der Waals surface area (Å²) in [5.41, 5.74) is 21.6. The average Bonchev–Trinajstić information content (AvgIpc) is 3.96. The van der Waals surface area contributed by atoms with Crippen LogP contribution < -0.4 is 20.8 Å². The molecule has 5 heteroatoms. The quantitative estimate of drug-likeness (QED) is 0.165. The largest absolute Gasteiger partial charge is 0.466 e. The molecule has 0 fully saturated rings. The van der Waals surface area contributed by atoms with Gasteiger partial charge < -0.3 is 14.1 Å². The number of thiophene rings is 1. The third-order valence-electron chi connectivity index (χ3n) is 14.9. The minimum absolute atomic E-state index is 0.00627. The van der Waals surface area contributed by atoms with Gasteiger partial charge in [-0.15, -0.1) is 11.3 Å². The molecule has 10 aromatic rings. The minimum Gasteiger partial charge on any atom is -0.466 e. The summed E-state index contributed by atoms with van der Waals surface area (Å²) in [6.07, 6.45) is 0. The number of rotatable bonds is 3. The van der Waals surface area contributed by atoms with Gasteiger partial charge in [0.1, 0.15) is 11.2 Å². The van der Waals surface area contributed by atoms with Gasteiger partial charge in [0.25, 0.3) is 0 Å². The van der Waals surface area contributed by atoms with Crippen LogP contribution in [-0.2, 0) is 16.2 Å². The summed E-state index contributed by atoms with van der Waals surface area (Å²) in [6.45, 7) is 18.4. The fourth-order valence-electron chi connectivity index (χ4n) is 11.7. The Morgan fingerprint density at radius 2 is 1.23 bits per heavy atom. The summed E-state index contributed by atoms with van der Waals surface area (Å²) in [5.74, 6) is 0. The molecule has 0 N–H and O–H groups in total. The van der Waals surface area contributed by atoms with E-state index in [0.717, 1.165) is 33.7 Å². The van der Waals surface area contributed by atoms with Gasteiger partial charge in [-0.3, -0.25) is 0 Å². The van der Waals surface area contributed by atoms with Crippen molar-refractivity contribution in [3.8, 4) is 33.4 Å². The molecular weight excluding hydrogens is 820 g/mol. The number of anilines is 5. The third kappa shape index (κ3) is 5.44. The van der Waals surface area contributed by atoms with E-state index in [0.29, 0.717) is 0 Å². The van der Waals surface area contributed by atoms with Crippen molar-refractivity contribution in [3.05, 3.63) is 186 Å². The van der Waals surface area contributed by atoms with E-state index in [1.165, 1.54) is 92.6 Å². The number of para-hydroxylation sites is 1. The highest BCUT2D eigenvalue weighted by molar-refractivity contribution is 7.26. The lowest BCUT2D eigenvalue weighted by atomic mass is 9.45. The minimum atomic E-state index is -0.287. The predicted molar refractivity (Wildman–Crippen MR) is 283 cm³/mol. The highest BCUT2D eigenvalue weighted by Gasteiger charge is 2.53. The molecule has 66 heavy (non-hydrogen) atoms. The van der Waals surface area contributed by atoms with Gasteiger partial charge in [-0.1, -0.05) is 165 Å². The van der Waals surface area contributed by atoms with E-state index < -0.39 is 0 Å². The van der Waals surface area contributed by atoms with Gasteiger partial charge in [-0.2, -0.15) is 0 Å². The summed E-state index contributed by atoms with van der Waals surface area (Å²) >= 11 is 1.89. The summed E-state index contributed by atoms with van der Waals surface area (Å²) in [6, 6.07) is 61.8. The van der Waals surface area contributed by atoms with Crippen LogP contribution >= 0.6 is 11.3 Å². The van der Waals surface area contributed by atoms with E-state index >= 15 is 0 Å². The molecule has 3 aliphatic rings. The zero-order valence-corrected chi connectivity index (χ0v) is 39.7. The molecule has 3 nitrogen and oxygen atoms in total. The van der Waals surface area contributed by atoms with E-state index in [2.05, 4.69) is 229 Å². The van der Waals surface area contributed by atoms with E-state index in [-0.39, 0.29) is 23.1 Å². The molecule has 13 rings (SSSR count). The van der Waals surface area contributed by atoms with E-state index in [1.807, 2.05) is 11.3 Å². The summed E-state index contributed by atoms with van der Waals surface area (Å²) in [5, 5.41) is 3.70. The highest BCUT2D eigenvalue weighted by Crippen LogP contribution is 2.60. The molecule has 1 aliphatic carbocycles. The Morgan fingerprint density at radius 3 is 2.00 bits per heavy atom. The van der Waals surface area contributed by atoms with Gasteiger partial charge in [0, 0.05) is 59.2 Å². The van der Waals surface area contributed by atoms with Crippen molar-refractivity contribution < 1.29 is 4.42 Å². The van der Waals surface area contributed by atoms with Crippen LogP contribution in [0.5, 0.6) is 0 Å².